The summed E-state index contributed by atoms with van der Waals surface area (Å²) in [7, 11) is 0. The first kappa shape index (κ1) is 18.5. The van der Waals surface area contributed by atoms with Gasteiger partial charge in [0.05, 0.1) is 0 Å². The first-order valence-corrected chi connectivity index (χ1v) is 8.65. The van der Waals surface area contributed by atoms with Crippen LogP contribution in [0.5, 0.6) is 0 Å². The monoisotopic (exact) mass is 483 g/mol. The zero-order valence-corrected chi connectivity index (χ0v) is 15.6. The number of nitrogens with one attached hydrogen (secondary N) is 1. The molecule has 0 radical (unpaired) electrons. The lowest BCUT2D eigenvalue weighted by molar-refractivity contribution is -0.153. The van der Waals surface area contributed by atoms with Gasteiger partial charge < -0.3 is 4.55 Å². The van der Waals surface area contributed by atoms with Gasteiger partial charge in [0.25, 0.3) is 0 Å². The van der Waals surface area contributed by atoms with Gasteiger partial charge in [0.2, 0.25) is 0 Å². The lowest BCUT2D eigenvalue weighted by Gasteiger charge is -2.29. The van der Waals surface area contributed by atoms with E-state index in [0.29, 0.717) is 8.04 Å². The molecule has 1 aromatic rings. The van der Waals surface area contributed by atoms with Crippen molar-refractivity contribution in [2.24, 2.45) is 0 Å². The Morgan fingerprint density at radius 2 is 1.85 bits per heavy atom. The third-order valence-electron chi connectivity index (χ3n) is 2.38. The van der Waals surface area contributed by atoms with Gasteiger partial charge in [-0.1, -0.05) is 15.9 Å². The van der Waals surface area contributed by atoms with Crippen molar-refractivity contribution in [3.8, 4) is 0 Å². The Hall–Kier alpha value is 0.490. The van der Waals surface area contributed by atoms with E-state index in [1.165, 1.54) is 6.07 Å². The molecule has 0 bridgehead atoms. The van der Waals surface area contributed by atoms with E-state index < -0.39 is 28.3 Å². The van der Waals surface area contributed by atoms with E-state index in [9.17, 15) is 17.7 Å². The summed E-state index contributed by atoms with van der Waals surface area (Å²) in [6.07, 6.45) is -4.53. The Bertz CT molecular complexity index is 479. The van der Waals surface area contributed by atoms with Crippen molar-refractivity contribution < 1.29 is 17.7 Å². The predicted octanol–water partition coefficient (Wildman–Crippen LogP) is 4.71. The molecule has 0 amide bonds. The highest BCUT2D eigenvalue weighted by molar-refractivity contribution is 14.1. The van der Waals surface area contributed by atoms with Gasteiger partial charge in [-0.15, -0.1) is 4.72 Å². The van der Waals surface area contributed by atoms with Gasteiger partial charge in [-0.2, -0.15) is 13.2 Å². The fraction of sp³-hybridized carbons (Fsp3) is 0.500. The number of alkyl halides is 3. The highest BCUT2D eigenvalue weighted by atomic mass is 127. The molecule has 1 aromatic carbocycles. The molecule has 0 heterocycles. The number of hydrogen-bond donors (Lipinski definition) is 1. The molecule has 2 nitrogen and oxygen atoms in total. The Morgan fingerprint density at radius 1 is 1.30 bits per heavy atom. The van der Waals surface area contributed by atoms with E-state index in [0.717, 1.165) is 0 Å². The van der Waals surface area contributed by atoms with Gasteiger partial charge in [-0.3, -0.25) is 0 Å². The minimum Gasteiger partial charge on any atom is -0.598 e. The van der Waals surface area contributed by atoms with E-state index >= 15 is 0 Å². The topological polar surface area (TPSA) is 35.1 Å². The van der Waals surface area contributed by atoms with E-state index in [4.69, 9.17) is 0 Å². The highest BCUT2D eigenvalue weighted by Gasteiger charge is 2.46. The number of rotatable bonds is 3. The van der Waals surface area contributed by atoms with Crippen molar-refractivity contribution in [2.75, 3.05) is 0 Å². The maximum Gasteiger partial charge on any atom is 0.412 e. The summed E-state index contributed by atoms with van der Waals surface area (Å²) < 4.78 is 54.2. The van der Waals surface area contributed by atoms with E-state index in [-0.39, 0.29) is 5.56 Å². The second-order valence-electron chi connectivity index (χ2n) is 5.14. The van der Waals surface area contributed by atoms with Crippen molar-refractivity contribution in [1.29, 1.82) is 0 Å². The molecule has 0 saturated carbocycles. The molecule has 0 aliphatic heterocycles. The van der Waals surface area contributed by atoms with Gasteiger partial charge >= 0.3 is 6.18 Å². The first-order chi connectivity index (χ1) is 8.93. The summed E-state index contributed by atoms with van der Waals surface area (Å²) in [5.74, 6) is 0. The fourth-order valence-corrected chi connectivity index (χ4v) is 3.18. The number of halogens is 5. The van der Waals surface area contributed by atoms with E-state index in [1.807, 2.05) is 22.6 Å². The maximum atomic E-state index is 13.3. The fourth-order valence-electron chi connectivity index (χ4n) is 1.33. The molecule has 0 spiro atoms. The van der Waals surface area contributed by atoms with Crippen molar-refractivity contribution >= 4 is 49.9 Å². The van der Waals surface area contributed by atoms with Crippen molar-refractivity contribution in [3.05, 3.63) is 31.8 Å². The lowest BCUT2D eigenvalue weighted by atomic mass is 10.1. The van der Waals surface area contributed by atoms with Crippen LogP contribution in [0.3, 0.4) is 0 Å². The van der Waals surface area contributed by atoms with Gasteiger partial charge in [-0.05, 0) is 67.1 Å². The molecule has 8 heteroatoms. The summed E-state index contributed by atoms with van der Waals surface area (Å²) in [5.41, 5.74) is 0.0603. The molecule has 0 saturated heterocycles. The Balaban J connectivity index is 3.17. The molecule has 114 valence electrons. The third-order valence-corrected chi connectivity index (χ3v) is 5.42. The third kappa shape index (κ3) is 5.04. The normalized spacial score (nSPS) is 16.1. The first-order valence-electron chi connectivity index (χ1n) is 5.62. The van der Waals surface area contributed by atoms with Crippen molar-refractivity contribution in [3.63, 3.8) is 0 Å². The molecule has 2 atom stereocenters. The summed E-state index contributed by atoms with van der Waals surface area (Å²) in [6.45, 7) is 4.86. The van der Waals surface area contributed by atoms with Crippen LogP contribution in [-0.2, 0) is 11.4 Å². The summed E-state index contributed by atoms with van der Waals surface area (Å²) in [5, 5.41) is 0. The molecule has 1 N–H and O–H groups in total. The highest BCUT2D eigenvalue weighted by Crippen LogP contribution is 2.37. The second-order valence-corrected chi connectivity index (χ2v) is 9.22. The maximum absolute atomic E-state index is 13.3. The van der Waals surface area contributed by atoms with Gasteiger partial charge in [0, 0.05) is 19.4 Å². The molecule has 20 heavy (non-hydrogen) atoms. The molecule has 0 aliphatic rings. The molecule has 0 aromatic heterocycles. The molecule has 0 aliphatic carbocycles. The van der Waals surface area contributed by atoms with E-state index in [1.54, 1.807) is 32.9 Å². The smallest absolute Gasteiger partial charge is 0.412 e. The van der Waals surface area contributed by atoms with Crippen LogP contribution >= 0.6 is 38.5 Å². The van der Waals surface area contributed by atoms with Crippen LogP contribution in [0.2, 0.25) is 0 Å². The largest absolute Gasteiger partial charge is 0.598 e. The summed E-state index contributed by atoms with van der Waals surface area (Å²) in [6, 6.07) is 2.68. The number of hydrogen-bond acceptors (Lipinski definition) is 2. The minimum absolute atomic E-state index is 0.0603. The minimum atomic E-state index is -4.53. The molecule has 1 rings (SSSR count). The van der Waals surface area contributed by atoms with Crippen LogP contribution in [0.15, 0.2) is 22.7 Å². The lowest BCUT2D eigenvalue weighted by Crippen LogP contribution is -2.45. The van der Waals surface area contributed by atoms with Crippen molar-refractivity contribution in [1.82, 2.24) is 4.72 Å². The van der Waals surface area contributed by atoms with Crippen LogP contribution in [0.4, 0.5) is 13.2 Å². The zero-order chi connectivity index (χ0) is 15.7. The van der Waals surface area contributed by atoms with Crippen LogP contribution < -0.4 is 4.72 Å². The summed E-state index contributed by atoms with van der Waals surface area (Å²) in [4.78, 5) is 0. The SMILES string of the molecule is CC(C)(C)[S+]([O-])NC(c1cc(Br)ccc1I)C(F)(F)F. The molecular weight excluding hydrogens is 470 g/mol. The van der Waals surface area contributed by atoms with E-state index in [2.05, 4.69) is 20.7 Å². The molecule has 0 fully saturated rings. The van der Waals surface area contributed by atoms with Gasteiger partial charge in [-0.25, -0.2) is 0 Å². The summed E-state index contributed by atoms with van der Waals surface area (Å²) >= 11 is 3.19. The average molecular weight is 484 g/mol. The van der Waals surface area contributed by atoms with Gasteiger partial charge in [0.1, 0.15) is 4.75 Å². The molecular formula is C12H14BrF3INOS. The standard InChI is InChI=1S/C12H14BrF3INOS/c1-11(2,3)20(19)18-10(12(14,15)16)8-6-7(13)4-5-9(8)17/h4-6,10,18H,1-3H3. The second kappa shape index (κ2) is 6.72. The van der Waals surface area contributed by atoms with Gasteiger partial charge in [0.15, 0.2) is 6.04 Å². The quantitative estimate of drug-likeness (QED) is 0.499. The van der Waals surface area contributed by atoms with Crippen LogP contribution in [0.25, 0.3) is 0 Å². The molecule has 2 unspecified atom stereocenters. The zero-order valence-electron chi connectivity index (χ0n) is 11.0. The van der Waals surface area contributed by atoms with Crippen LogP contribution in [-0.4, -0.2) is 15.5 Å². The van der Waals surface area contributed by atoms with Crippen LogP contribution in [0, 0.1) is 3.57 Å². The van der Waals surface area contributed by atoms with Crippen LogP contribution in [0.1, 0.15) is 32.4 Å². The number of benzene rings is 1. The Kier molecular flexibility index (Phi) is 6.23. The Morgan fingerprint density at radius 3 is 2.30 bits per heavy atom. The Labute approximate surface area is 141 Å². The predicted molar refractivity (Wildman–Crippen MR) is 86.7 cm³/mol. The average Bonchev–Trinajstić information content (AvgIpc) is 2.26. The van der Waals surface area contributed by atoms with Crippen molar-refractivity contribution in [2.45, 2.75) is 37.7 Å².